The maximum atomic E-state index is 12.7. The Hall–Kier alpha value is -1.86. The van der Waals surface area contributed by atoms with Gasteiger partial charge in [0.2, 0.25) is 10.0 Å². The smallest absolute Gasteiger partial charge is 0.341 e. The van der Waals surface area contributed by atoms with Crippen LogP contribution in [0.4, 0.5) is 0 Å². The highest BCUT2D eigenvalue weighted by molar-refractivity contribution is 7.89. The molecule has 0 aliphatic carbocycles. The summed E-state index contributed by atoms with van der Waals surface area (Å²) in [6, 6.07) is 3.36. The number of benzene rings is 1. The number of allylic oxidation sites excluding steroid dienone is 1. The fourth-order valence-corrected chi connectivity index (χ4v) is 3.57. The molecule has 1 rings (SSSR count). The zero-order valence-corrected chi connectivity index (χ0v) is 15.3. The van der Waals surface area contributed by atoms with Gasteiger partial charge in [-0.1, -0.05) is 13.0 Å². The number of sulfonamides is 1. The molecular weight excluding hydrogens is 330 g/mol. The van der Waals surface area contributed by atoms with Gasteiger partial charge in [-0.3, -0.25) is 0 Å². The summed E-state index contributed by atoms with van der Waals surface area (Å²) in [4.78, 5) is 11.6. The van der Waals surface area contributed by atoms with E-state index in [9.17, 15) is 18.3 Å². The molecule has 2 atom stereocenters. The van der Waals surface area contributed by atoms with Gasteiger partial charge in [-0.25, -0.2) is 13.2 Å². The molecule has 0 aliphatic heterocycles. The molecule has 1 N–H and O–H groups in total. The highest BCUT2D eigenvalue weighted by Gasteiger charge is 2.27. The van der Waals surface area contributed by atoms with Crippen LogP contribution in [0.15, 0.2) is 35.7 Å². The molecule has 0 heterocycles. The van der Waals surface area contributed by atoms with Gasteiger partial charge in [0.05, 0.1) is 12.0 Å². The van der Waals surface area contributed by atoms with Crippen molar-refractivity contribution in [1.82, 2.24) is 4.31 Å². The van der Waals surface area contributed by atoms with Gasteiger partial charge in [-0.15, -0.1) is 6.58 Å². The maximum Gasteiger partial charge on any atom is 0.341 e. The lowest BCUT2D eigenvalue weighted by Gasteiger charge is -2.25. The predicted molar refractivity (Wildman–Crippen MR) is 92.5 cm³/mol. The van der Waals surface area contributed by atoms with E-state index in [0.29, 0.717) is 12.3 Å². The molecule has 0 bridgehead atoms. The molecule has 0 spiro atoms. The van der Waals surface area contributed by atoms with Crippen molar-refractivity contribution in [2.24, 2.45) is 5.92 Å². The second kappa shape index (κ2) is 8.30. The topological polar surface area (TPSA) is 83.9 Å². The van der Waals surface area contributed by atoms with Gasteiger partial charge in [0.25, 0.3) is 0 Å². The minimum absolute atomic E-state index is 0.0631. The lowest BCUT2D eigenvalue weighted by Crippen LogP contribution is -2.35. The summed E-state index contributed by atoms with van der Waals surface area (Å²) < 4.78 is 31.3. The van der Waals surface area contributed by atoms with Gasteiger partial charge >= 0.3 is 5.97 Å². The number of nitrogens with zero attached hydrogens (tertiary/aromatic N) is 1. The monoisotopic (exact) mass is 355 g/mol. The summed E-state index contributed by atoms with van der Waals surface area (Å²) in [6.45, 7) is 7.58. The fraction of sp³-hybridized carbons (Fsp3) is 0.471. The fourth-order valence-electron chi connectivity index (χ4n) is 2.16. The molecule has 0 aliphatic rings. The number of hydrogen-bond donors (Lipinski definition) is 1. The first-order valence-electron chi connectivity index (χ1n) is 7.67. The summed E-state index contributed by atoms with van der Waals surface area (Å²) >= 11 is 0. The molecule has 0 saturated carbocycles. The summed E-state index contributed by atoms with van der Waals surface area (Å²) in [6.07, 6.45) is 3.35. The Labute approximate surface area is 143 Å². The third-order valence-electron chi connectivity index (χ3n) is 4.11. The number of phenolic OH excluding ortho intramolecular Hbond substituents is 1. The van der Waals surface area contributed by atoms with E-state index in [1.807, 2.05) is 19.9 Å². The van der Waals surface area contributed by atoms with Crippen LogP contribution in [0.3, 0.4) is 0 Å². The van der Waals surface area contributed by atoms with Gasteiger partial charge in [0, 0.05) is 13.1 Å². The molecule has 24 heavy (non-hydrogen) atoms. The molecule has 0 amide bonds. The second-order valence-electron chi connectivity index (χ2n) is 5.83. The Morgan fingerprint density at radius 2 is 2.00 bits per heavy atom. The van der Waals surface area contributed by atoms with Gasteiger partial charge in [-0.2, -0.15) is 4.31 Å². The zero-order valence-electron chi connectivity index (χ0n) is 14.5. The highest BCUT2D eigenvalue weighted by Crippen LogP contribution is 2.25. The lowest BCUT2D eigenvalue weighted by molar-refractivity contribution is 0.0597. The van der Waals surface area contributed by atoms with Crippen molar-refractivity contribution < 1.29 is 23.1 Å². The number of hydrogen-bond acceptors (Lipinski definition) is 5. The van der Waals surface area contributed by atoms with Gasteiger partial charge in [0.15, 0.2) is 0 Å². The average Bonchev–Trinajstić information content (AvgIpc) is 2.57. The van der Waals surface area contributed by atoms with Crippen LogP contribution >= 0.6 is 0 Å². The van der Waals surface area contributed by atoms with Crippen molar-refractivity contribution in [1.29, 1.82) is 0 Å². The standard InChI is InChI=1S/C17H25NO5S/c1-6-12(2)7-8-13(3)18(4)24(21,22)14-9-10-16(19)15(11-14)17(20)23-5/h6,9-13,19H,1,7-8H2,2-5H3. The summed E-state index contributed by atoms with van der Waals surface area (Å²) in [5.41, 5.74) is -0.181. The van der Waals surface area contributed by atoms with Crippen LogP contribution in [-0.2, 0) is 14.8 Å². The van der Waals surface area contributed by atoms with Crippen LogP contribution < -0.4 is 0 Å². The summed E-state index contributed by atoms with van der Waals surface area (Å²) in [7, 11) is -1.12. The van der Waals surface area contributed by atoms with Crippen LogP contribution in [0, 0.1) is 5.92 Å². The van der Waals surface area contributed by atoms with Crippen molar-refractivity contribution >= 4 is 16.0 Å². The number of rotatable bonds is 8. The number of carbonyl (C=O) groups excluding carboxylic acids is 1. The van der Waals surface area contributed by atoms with Crippen molar-refractivity contribution in [3.8, 4) is 5.75 Å². The van der Waals surface area contributed by atoms with E-state index in [1.54, 1.807) is 0 Å². The molecule has 1 aromatic rings. The van der Waals surface area contributed by atoms with Crippen molar-refractivity contribution in [2.75, 3.05) is 14.2 Å². The Balaban J connectivity index is 3.06. The Kier molecular flexibility index (Phi) is 6.98. The third kappa shape index (κ3) is 4.58. The second-order valence-corrected chi connectivity index (χ2v) is 7.83. The van der Waals surface area contributed by atoms with Crippen LogP contribution in [0.2, 0.25) is 0 Å². The summed E-state index contributed by atoms with van der Waals surface area (Å²) in [5.74, 6) is -0.806. The quantitative estimate of drug-likeness (QED) is 0.572. The van der Waals surface area contributed by atoms with Crippen LogP contribution in [0.1, 0.15) is 37.0 Å². The van der Waals surface area contributed by atoms with E-state index in [4.69, 9.17) is 0 Å². The molecule has 7 heteroatoms. The van der Waals surface area contributed by atoms with E-state index in [-0.39, 0.29) is 22.3 Å². The first kappa shape index (κ1) is 20.2. The predicted octanol–water partition coefficient (Wildman–Crippen LogP) is 2.79. The first-order chi connectivity index (χ1) is 11.1. The molecule has 0 radical (unpaired) electrons. The molecule has 0 aromatic heterocycles. The number of esters is 1. The SMILES string of the molecule is C=CC(C)CCC(C)N(C)S(=O)(=O)c1ccc(O)c(C(=O)OC)c1. The van der Waals surface area contributed by atoms with Gasteiger partial charge in [0.1, 0.15) is 11.3 Å². The Bertz CT molecular complexity index is 699. The number of phenols is 1. The number of methoxy groups -OCH3 is 1. The van der Waals surface area contributed by atoms with Gasteiger partial charge in [-0.05, 0) is 43.9 Å². The highest BCUT2D eigenvalue weighted by atomic mass is 32.2. The lowest BCUT2D eigenvalue weighted by atomic mass is 10.0. The molecular formula is C17H25NO5S. The molecule has 134 valence electrons. The summed E-state index contributed by atoms with van der Waals surface area (Å²) in [5, 5.41) is 9.70. The van der Waals surface area contributed by atoms with Crippen LogP contribution in [-0.4, -0.2) is 44.0 Å². The minimum Gasteiger partial charge on any atom is -0.507 e. The van der Waals surface area contributed by atoms with Gasteiger partial charge < -0.3 is 9.84 Å². The molecule has 0 saturated heterocycles. The average molecular weight is 355 g/mol. The first-order valence-corrected chi connectivity index (χ1v) is 9.11. The van der Waals surface area contributed by atoms with E-state index in [0.717, 1.165) is 19.6 Å². The largest absolute Gasteiger partial charge is 0.507 e. The van der Waals surface area contributed by atoms with Crippen LogP contribution in [0.5, 0.6) is 5.75 Å². The van der Waals surface area contributed by atoms with Crippen molar-refractivity contribution in [3.05, 3.63) is 36.4 Å². The normalized spacial score (nSPS) is 14.2. The molecule has 2 unspecified atom stereocenters. The molecule has 0 fully saturated rings. The van der Waals surface area contributed by atoms with Crippen molar-refractivity contribution in [3.63, 3.8) is 0 Å². The Morgan fingerprint density at radius 3 is 2.54 bits per heavy atom. The third-order valence-corrected chi connectivity index (χ3v) is 6.08. The molecule has 6 nitrogen and oxygen atoms in total. The van der Waals surface area contributed by atoms with Crippen molar-refractivity contribution in [2.45, 2.75) is 37.6 Å². The number of aromatic hydroxyl groups is 1. The zero-order chi connectivity index (χ0) is 18.5. The van der Waals surface area contributed by atoms with E-state index in [2.05, 4.69) is 11.3 Å². The number of ether oxygens (including phenoxy) is 1. The van der Waals surface area contributed by atoms with E-state index in [1.165, 1.54) is 23.5 Å². The molecule has 1 aromatic carbocycles. The number of carbonyl (C=O) groups is 1. The van der Waals surface area contributed by atoms with Crippen LogP contribution in [0.25, 0.3) is 0 Å². The minimum atomic E-state index is -3.79. The van der Waals surface area contributed by atoms with E-state index < -0.39 is 16.0 Å². The maximum absolute atomic E-state index is 12.7. The Morgan fingerprint density at radius 1 is 1.38 bits per heavy atom. The van der Waals surface area contributed by atoms with E-state index >= 15 is 0 Å².